The normalized spacial score (nSPS) is 13.4. The van der Waals surface area contributed by atoms with Gasteiger partial charge in [0.25, 0.3) is 0 Å². The van der Waals surface area contributed by atoms with Crippen LogP contribution in [-0.2, 0) is 11.2 Å². The van der Waals surface area contributed by atoms with E-state index in [4.69, 9.17) is 10.5 Å². The molecule has 1 aliphatic rings. The molecule has 1 saturated heterocycles. The number of rotatable bonds is 8. The SMILES string of the molecule is N[C@@H](Cc1cc(I)c(Oc2cc(I)c(O)c(I)c2)c(I)c1)C(=O)[O-].O=[N+]([O-])N1CN([N+](=O)[O-])CN([N+](=O)[O-])C1.[Na+]. The molecule has 3 rings (SSSR count). The Morgan fingerprint density at radius 2 is 1.25 bits per heavy atom. The molecule has 0 saturated carbocycles. The Bertz CT molecular complexity index is 1190. The van der Waals surface area contributed by atoms with Gasteiger partial charge in [0.1, 0.15) is 11.5 Å². The van der Waals surface area contributed by atoms with Crippen LogP contribution < -0.4 is 45.1 Å². The van der Waals surface area contributed by atoms with Crippen LogP contribution in [0.1, 0.15) is 5.56 Å². The number of hydrazine groups is 3. The zero-order chi connectivity index (χ0) is 29.6. The van der Waals surface area contributed by atoms with Crippen molar-refractivity contribution in [3.8, 4) is 17.2 Å². The topological polar surface area (TPSA) is 235 Å². The van der Waals surface area contributed by atoms with Crippen molar-refractivity contribution in [2.75, 3.05) is 20.0 Å². The molecular weight excluding hydrogens is 1000 g/mol. The van der Waals surface area contributed by atoms with Crippen LogP contribution in [-0.4, -0.2) is 67.2 Å². The Morgan fingerprint density at radius 3 is 1.57 bits per heavy atom. The van der Waals surface area contributed by atoms with E-state index in [9.17, 15) is 45.4 Å². The number of ether oxygens (including phenoxy) is 1. The van der Waals surface area contributed by atoms with Crippen LogP contribution in [0.25, 0.3) is 0 Å². The maximum Gasteiger partial charge on any atom is 1.00 e. The number of carboxylic acids is 1. The summed E-state index contributed by atoms with van der Waals surface area (Å²) < 4.78 is 9.07. The van der Waals surface area contributed by atoms with Crippen LogP contribution >= 0.6 is 90.4 Å². The van der Waals surface area contributed by atoms with Crippen molar-refractivity contribution in [1.29, 1.82) is 0 Å². The Labute approximate surface area is 301 Å². The summed E-state index contributed by atoms with van der Waals surface area (Å²) >= 11 is 8.37. The fourth-order valence-electron chi connectivity index (χ4n) is 2.89. The quantitative estimate of drug-likeness (QED) is 0.134. The molecular formula is C18H16I4N7NaO10. The van der Waals surface area contributed by atoms with Gasteiger partial charge in [0.15, 0.2) is 20.8 Å². The minimum atomic E-state index is -1.27. The van der Waals surface area contributed by atoms with Crippen LogP contribution in [0, 0.1) is 44.6 Å². The van der Waals surface area contributed by atoms with Gasteiger partial charge in [0.2, 0.25) is 20.0 Å². The van der Waals surface area contributed by atoms with Crippen LogP contribution in [0.3, 0.4) is 0 Å². The predicted molar refractivity (Wildman–Crippen MR) is 163 cm³/mol. The monoisotopic (exact) mass is 1020 g/mol. The van der Waals surface area contributed by atoms with E-state index in [1.807, 2.05) is 57.3 Å². The summed E-state index contributed by atoms with van der Waals surface area (Å²) in [5.74, 6) is 0.268. The molecule has 3 N–H and O–H groups in total. The molecule has 0 spiro atoms. The fourth-order valence-corrected chi connectivity index (χ4v) is 6.72. The minimum Gasteiger partial charge on any atom is -0.548 e. The van der Waals surface area contributed by atoms with Gasteiger partial charge in [-0.3, -0.25) is 0 Å². The minimum absolute atomic E-state index is 0. The Kier molecular flexibility index (Phi) is 15.3. The van der Waals surface area contributed by atoms with E-state index >= 15 is 0 Å². The number of carbonyl (C=O) groups is 1. The molecule has 1 fully saturated rings. The molecule has 1 aliphatic heterocycles. The van der Waals surface area contributed by atoms with E-state index in [-0.39, 0.29) is 41.7 Å². The van der Waals surface area contributed by atoms with Gasteiger partial charge in [-0.25, -0.2) is 30.3 Å². The number of nitrogens with two attached hydrogens (primary N) is 1. The summed E-state index contributed by atoms with van der Waals surface area (Å²) in [5, 5.41) is 49.9. The number of phenols is 1. The molecule has 0 aliphatic carbocycles. The van der Waals surface area contributed by atoms with Crippen molar-refractivity contribution in [3.63, 3.8) is 0 Å². The molecule has 0 unspecified atom stereocenters. The molecule has 212 valence electrons. The molecule has 0 aromatic heterocycles. The average molecular weight is 1020 g/mol. The van der Waals surface area contributed by atoms with Crippen LogP contribution in [0.2, 0.25) is 0 Å². The van der Waals surface area contributed by atoms with Crippen LogP contribution in [0.15, 0.2) is 24.3 Å². The standard InChI is InChI=1S/C15H11I4NO4.C3H6N6O6.Na/c16-8-4-7(5-9(17)13(8)21)24-14-10(18)1-6(2-11(14)19)3-12(20)15(22)23;10-7(11)4-1-5(8(12)13)3-6(2-4)9(14)15;/h1-2,4-5,12,21H,3,20H2,(H,22,23);1-3H2;/q;;+1/p-1/t12-;;/m0../s1. The van der Waals surface area contributed by atoms with E-state index in [2.05, 4.69) is 45.2 Å². The van der Waals surface area contributed by atoms with Crippen LogP contribution in [0.5, 0.6) is 17.2 Å². The van der Waals surface area contributed by atoms with Gasteiger partial charge in [0, 0.05) is 6.04 Å². The molecule has 1 atom stereocenters. The first-order valence-electron chi connectivity index (χ1n) is 10.1. The fraction of sp³-hybridized carbons (Fsp3) is 0.278. The third-order valence-corrected chi connectivity index (χ3v) is 7.95. The maximum atomic E-state index is 10.8. The van der Waals surface area contributed by atoms with Gasteiger partial charge < -0.3 is 25.5 Å². The number of aromatic hydroxyl groups is 1. The summed E-state index contributed by atoms with van der Waals surface area (Å²) in [4.78, 5) is 41.8. The van der Waals surface area contributed by atoms with E-state index in [1.165, 1.54) is 0 Å². The molecule has 40 heavy (non-hydrogen) atoms. The van der Waals surface area contributed by atoms with Crippen molar-refractivity contribution in [2.24, 2.45) is 5.73 Å². The Hall–Kier alpha value is -1.01. The smallest absolute Gasteiger partial charge is 0.548 e. The molecule has 17 nitrogen and oxygen atoms in total. The van der Waals surface area contributed by atoms with Crippen molar-refractivity contribution >= 4 is 96.3 Å². The number of halogens is 4. The number of aliphatic carboxylic acids is 1. The third kappa shape index (κ3) is 10.7. The van der Waals surface area contributed by atoms with Crippen molar-refractivity contribution in [1.82, 2.24) is 15.0 Å². The zero-order valence-corrected chi connectivity index (χ0v) is 30.7. The number of carboxylic acid groups (broad SMARTS) is 1. The second-order valence-corrected chi connectivity index (χ2v) is 12.2. The average Bonchev–Trinajstić information content (AvgIpc) is 2.84. The summed E-state index contributed by atoms with van der Waals surface area (Å²) in [6.07, 6.45) is 0.198. The van der Waals surface area contributed by atoms with E-state index in [0.29, 0.717) is 33.7 Å². The summed E-state index contributed by atoms with van der Waals surface area (Å²) in [6.45, 7) is -1.78. The second kappa shape index (κ2) is 16.6. The van der Waals surface area contributed by atoms with Crippen molar-refractivity contribution in [2.45, 2.75) is 12.5 Å². The predicted octanol–water partition coefficient (Wildman–Crippen LogP) is -1.42. The van der Waals surface area contributed by atoms with Gasteiger partial charge in [-0.2, -0.15) is 0 Å². The van der Waals surface area contributed by atoms with Crippen molar-refractivity contribution < 1.29 is 64.4 Å². The van der Waals surface area contributed by atoms with Gasteiger partial charge in [-0.05, 0) is 127 Å². The largest absolute Gasteiger partial charge is 1.00 e. The number of benzene rings is 2. The number of nitro groups is 3. The zero-order valence-electron chi connectivity index (χ0n) is 20.1. The van der Waals surface area contributed by atoms with Gasteiger partial charge in [0.05, 0.1) is 20.3 Å². The van der Waals surface area contributed by atoms with Crippen LogP contribution in [0.4, 0.5) is 0 Å². The van der Waals surface area contributed by atoms with E-state index in [1.54, 1.807) is 12.1 Å². The first-order valence-corrected chi connectivity index (χ1v) is 14.4. The van der Waals surface area contributed by atoms with E-state index < -0.39 is 47.1 Å². The van der Waals surface area contributed by atoms with Gasteiger partial charge in [-0.1, -0.05) is 15.0 Å². The molecule has 2 aromatic rings. The first kappa shape index (κ1) is 37.0. The van der Waals surface area contributed by atoms with Crippen molar-refractivity contribution in [3.05, 3.63) is 74.5 Å². The molecule has 0 radical (unpaired) electrons. The summed E-state index contributed by atoms with van der Waals surface area (Å²) in [5.41, 5.74) is 6.34. The number of hydrogen-bond donors (Lipinski definition) is 2. The van der Waals surface area contributed by atoms with Gasteiger partial charge in [-0.15, -0.1) is 0 Å². The van der Waals surface area contributed by atoms with E-state index in [0.717, 1.165) is 12.7 Å². The van der Waals surface area contributed by atoms with Gasteiger partial charge >= 0.3 is 29.6 Å². The number of phenolic OH excluding ortho intramolecular Hbond substituents is 1. The molecule has 2 aromatic carbocycles. The Morgan fingerprint density at radius 1 is 0.875 bits per heavy atom. The molecule has 1 heterocycles. The number of hydrogen-bond acceptors (Lipinski definition) is 11. The maximum absolute atomic E-state index is 10.8. The molecule has 0 bridgehead atoms. The molecule has 0 amide bonds. The summed E-state index contributed by atoms with van der Waals surface area (Å²) in [6, 6.07) is 6.16. The number of carbonyl (C=O) groups excluding carboxylic acids is 1. The first-order chi connectivity index (χ1) is 18.1. The number of nitrogens with zero attached hydrogens (tertiary/aromatic N) is 6. The Balaban J connectivity index is 0.000000432. The third-order valence-electron chi connectivity index (χ3n) is 4.70. The second-order valence-electron chi connectivity index (χ2n) is 7.51. The molecule has 22 heteroatoms. The summed E-state index contributed by atoms with van der Waals surface area (Å²) in [7, 11) is 0.